The number of aliphatic hydroxyl groups is 3. The third kappa shape index (κ3) is 2.03. The zero-order valence-electron chi connectivity index (χ0n) is 10.1. The molecule has 1 saturated heterocycles. The van der Waals surface area contributed by atoms with Crippen LogP contribution in [-0.2, 0) is 4.74 Å². The Morgan fingerprint density at radius 1 is 1.35 bits per heavy atom. The third-order valence-electron chi connectivity index (χ3n) is 3.30. The molecule has 1 fully saturated rings. The minimum Gasteiger partial charge on any atom is -0.394 e. The summed E-state index contributed by atoms with van der Waals surface area (Å²) in [5.74, 6) is -1.30. The number of halogens is 1. The number of nitrogens with zero attached hydrogens (tertiary/aromatic N) is 4. The van der Waals surface area contributed by atoms with Crippen molar-refractivity contribution in [2.24, 2.45) is 25.7 Å². The largest absolute Gasteiger partial charge is 0.394 e. The molecule has 9 nitrogen and oxygen atoms in total. The minimum atomic E-state index is -1.61. The van der Waals surface area contributed by atoms with Gasteiger partial charge in [-0.1, -0.05) is 0 Å². The lowest BCUT2D eigenvalue weighted by Gasteiger charge is -2.31. The quantitative estimate of drug-likeness (QED) is 0.394. The van der Waals surface area contributed by atoms with Gasteiger partial charge in [0, 0.05) is 0 Å². The first-order chi connectivity index (χ1) is 9.46. The van der Waals surface area contributed by atoms with Crippen LogP contribution in [0.25, 0.3) is 0 Å². The fraction of sp³-hybridized carbons (Fsp3) is 0.600. The second-order valence-electron chi connectivity index (χ2n) is 4.60. The van der Waals surface area contributed by atoms with Gasteiger partial charge in [-0.25, -0.2) is 20.0 Å². The fourth-order valence-electron chi connectivity index (χ4n) is 2.27. The van der Waals surface area contributed by atoms with Crippen LogP contribution in [0.4, 0.5) is 0 Å². The van der Waals surface area contributed by atoms with E-state index in [1.165, 1.54) is 6.34 Å². The first-order valence-corrected chi connectivity index (χ1v) is 6.92. The van der Waals surface area contributed by atoms with Gasteiger partial charge in [0.05, 0.1) is 6.61 Å². The molecule has 108 valence electrons. The SMILES string of the molecule is NC1([C@H]2O[C@H](CO)[C@@H](O)[C@H]2O)N=C(I)C2=NC=NC2=N1. The van der Waals surface area contributed by atoms with Gasteiger partial charge in [-0.2, -0.15) is 0 Å². The summed E-state index contributed by atoms with van der Waals surface area (Å²) < 4.78 is 5.88. The lowest BCUT2D eigenvalue weighted by molar-refractivity contribution is -0.0481. The molecule has 0 aliphatic carbocycles. The van der Waals surface area contributed by atoms with Crippen molar-refractivity contribution in [3.05, 3.63) is 0 Å². The molecule has 1 unspecified atom stereocenters. The summed E-state index contributed by atoms with van der Waals surface area (Å²) in [5, 5.41) is 28.9. The summed E-state index contributed by atoms with van der Waals surface area (Å²) in [6.45, 7) is -0.437. The minimum absolute atomic E-state index is 0.310. The highest BCUT2D eigenvalue weighted by molar-refractivity contribution is 14.1. The highest BCUT2D eigenvalue weighted by atomic mass is 127. The van der Waals surface area contributed by atoms with Crippen LogP contribution in [-0.4, -0.2) is 73.7 Å². The van der Waals surface area contributed by atoms with Crippen LogP contribution in [0.15, 0.2) is 20.0 Å². The van der Waals surface area contributed by atoms with Crippen LogP contribution in [0.5, 0.6) is 0 Å². The lowest BCUT2D eigenvalue weighted by Crippen LogP contribution is -2.56. The lowest BCUT2D eigenvalue weighted by atomic mass is 10.0. The second-order valence-corrected chi connectivity index (χ2v) is 5.62. The number of amidine groups is 1. The number of rotatable bonds is 2. The van der Waals surface area contributed by atoms with Crippen molar-refractivity contribution in [2.75, 3.05) is 6.61 Å². The molecular formula is C10H12IN5O4. The molecule has 5 atom stereocenters. The zero-order valence-corrected chi connectivity index (χ0v) is 12.2. The Morgan fingerprint density at radius 3 is 2.75 bits per heavy atom. The van der Waals surface area contributed by atoms with Crippen molar-refractivity contribution in [3.63, 3.8) is 0 Å². The smallest absolute Gasteiger partial charge is 0.234 e. The number of aliphatic imine (C=N–C) groups is 4. The Balaban J connectivity index is 1.96. The summed E-state index contributed by atoms with van der Waals surface area (Å²) in [4.78, 5) is 16.3. The molecule has 5 N–H and O–H groups in total. The van der Waals surface area contributed by atoms with Gasteiger partial charge < -0.3 is 20.1 Å². The Bertz CT molecular complexity index is 562. The van der Waals surface area contributed by atoms with Gasteiger partial charge in [0.25, 0.3) is 0 Å². The maximum Gasteiger partial charge on any atom is 0.234 e. The maximum atomic E-state index is 10.0. The van der Waals surface area contributed by atoms with Crippen LogP contribution >= 0.6 is 22.6 Å². The molecule has 0 radical (unpaired) electrons. The van der Waals surface area contributed by atoms with Gasteiger partial charge in [0.15, 0.2) is 5.84 Å². The van der Waals surface area contributed by atoms with E-state index >= 15 is 0 Å². The van der Waals surface area contributed by atoms with E-state index in [1.807, 2.05) is 22.6 Å². The average Bonchev–Trinajstić information content (AvgIpc) is 2.96. The van der Waals surface area contributed by atoms with E-state index in [-0.39, 0.29) is 0 Å². The average molecular weight is 393 g/mol. The monoisotopic (exact) mass is 393 g/mol. The summed E-state index contributed by atoms with van der Waals surface area (Å²) in [6, 6.07) is 0. The standard InChI is InChI=1S/C10H12IN5O4/c11-8-4-9(14-2-13-4)16-10(12,15-8)7-6(19)5(18)3(1-17)20-7/h2-3,5-7,17-19H,1,12H2/t3-,5-,6-,7+,10?/m1/s1. The molecule has 0 aromatic rings. The molecule has 0 aromatic carbocycles. The van der Waals surface area contributed by atoms with Gasteiger partial charge in [0.1, 0.15) is 40.2 Å². The molecule has 0 spiro atoms. The Kier molecular flexibility index (Phi) is 3.46. The molecule has 0 saturated carbocycles. The molecule has 3 heterocycles. The van der Waals surface area contributed by atoms with Crippen molar-refractivity contribution < 1.29 is 20.1 Å². The van der Waals surface area contributed by atoms with E-state index in [2.05, 4.69) is 20.0 Å². The number of fused-ring (bicyclic) bond motifs is 1. The molecule has 0 aromatic heterocycles. The number of nitrogens with two attached hydrogens (primary N) is 1. The number of ether oxygens (including phenoxy) is 1. The molecule has 3 rings (SSSR count). The van der Waals surface area contributed by atoms with Crippen molar-refractivity contribution >= 4 is 44.2 Å². The molecule has 3 aliphatic heterocycles. The Hall–Kier alpha value is -0.790. The highest BCUT2D eigenvalue weighted by Gasteiger charge is 2.53. The van der Waals surface area contributed by atoms with E-state index in [9.17, 15) is 10.2 Å². The molecule has 0 bridgehead atoms. The van der Waals surface area contributed by atoms with Gasteiger partial charge in [-0.05, 0) is 22.6 Å². The Morgan fingerprint density at radius 2 is 2.10 bits per heavy atom. The van der Waals surface area contributed by atoms with E-state index < -0.39 is 36.8 Å². The van der Waals surface area contributed by atoms with Crippen molar-refractivity contribution in [3.8, 4) is 0 Å². The van der Waals surface area contributed by atoms with E-state index in [1.54, 1.807) is 0 Å². The molecular weight excluding hydrogens is 381 g/mol. The van der Waals surface area contributed by atoms with Crippen molar-refractivity contribution in [1.29, 1.82) is 0 Å². The van der Waals surface area contributed by atoms with Crippen LogP contribution in [0, 0.1) is 0 Å². The van der Waals surface area contributed by atoms with Gasteiger partial charge in [-0.3, -0.25) is 5.73 Å². The van der Waals surface area contributed by atoms with Crippen molar-refractivity contribution in [2.45, 2.75) is 30.2 Å². The van der Waals surface area contributed by atoms with Crippen LogP contribution in [0.1, 0.15) is 0 Å². The predicted molar refractivity (Wildman–Crippen MR) is 79.5 cm³/mol. The third-order valence-corrected chi connectivity index (χ3v) is 4.05. The van der Waals surface area contributed by atoms with E-state index in [0.717, 1.165) is 0 Å². The van der Waals surface area contributed by atoms with Crippen molar-refractivity contribution in [1.82, 2.24) is 0 Å². The topological polar surface area (TPSA) is 145 Å². The van der Waals surface area contributed by atoms with Crippen LogP contribution < -0.4 is 5.73 Å². The zero-order chi connectivity index (χ0) is 14.5. The van der Waals surface area contributed by atoms with E-state index in [4.69, 9.17) is 15.6 Å². The molecule has 10 heteroatoms. The van der Waals surface area contributed by atoms with Crippen LogP contribution in [0.2, 0.25) is 0 Å². The summed E-state index contributed by atoms with van der Waals surface area (Å²) in [5.41, 5.74) is 6.61. The van der Waals surface area contributed by atoms with Crippen LogP contribution in [0.3, 0.4) is 0 Å². The molecule has 20 heavy (non-hydrogen) atoms. The highest BCUT2D eigenvalue weighted by Crippen LogP contribution is 2.32. The fourth-order valence-corrected chi connectivity index (χ4v) is 3.04. The maximum absolute atomic E-state index is 10.0. The Labute approximate surface area is 127 Å². The summed E-state index contributed by atoms with van der Waals surface area (Å²) in [6.07, 6.45) is -3.22. The van der Waals surface area contributed by atoms with E-state index in [0.29, 0.717) is 15.3 Å². The number of hydrogen-bond acceptors (Lipinski definition) is 9. The molecule has 3 aliphatic rings. The first-order valence-electron chi connectivity index (χ1n) is 5.84. The predicted octanol–water partition coefficient (Wildman–Crippen LogP) is -2.19. The second kappa shape index (κ2) is 4.89. The summed E-state index contributed by atoms with van der Waals surface area (Å²) in [7, 11) is 0. The number of hydrogen-bond donors (Lipinski definition) is 4. The first kappa shape index (κ1) is 14.2. The normalized spacial score (nSPS) is 43.1. The van der Waals surface area contributed by atoms with Gasteiger partial charge in [-0.15, -0.1) is 0 Å². The van der Waals surface area contributed by atoms with Gasteiger partial charge in [0.2, 0.25) is 5.79 Å². The number of aliphatic hydroxyl groups excluding tert-OH is 3. The van der Waals surface area contributed by atoms with Gasteiger partial charge >= 0.3 is 0 Å². The summed E-state index contributed by atoms with van der Waals surface area (Å²) >= 11 is 1.94. The molecule has 0 amide bonds.